The van der Waals surface area contributed by atoms with Gasteiger partial charge in [0, 0.05) is 29.5 Å². The molecule has 0 spiro atoms. The predicted molar refractivity (Wildman–Crippen MR) is 56.3 cm³/mol. The van der Waals surface area contributed by atoms with E-state index in [1.165, 1.54) is 0 Å². The minimum Gasteiger partial charge on any atom is -0.269 e. The summed E-state index contributed by atoms with van der Waals surface area (Å²) in [5.41, 5.74) is 0. The fraction of sp³-hybridized carbons (Fsp3) is 1.00. The zero-order valence-electron chi connectivity index (χ0n) is 3.77. The maximum absolute atomic E-state index is 0. The van der Waals surface area contributed by atoms with Crippen LogP contribution in [0.15, 0.2) is 0 Å². The van der Waals surface area contributed by atoms with Crippen LogP contribution in [-0.4, -0.2) is 25.2 Å². The Morgan fingerprint density at radius 3 is 0.364 bits per heavy atom. The molecule has 9 radical (unpaired) electrons. The van der Waals surface area contributed by atoms with E-state index < -0.39 is 0 Å². The standard InChI is InChI=1S/3CH4.3B.5FH.3H2/h3*1H4;;;;8*1H/i;;;;;;;;;;;3*1+1. The normalized spacial score (nSPS) is 0. The van der Waals surface area contributed by atoms with Crippen molar-refractivity contribution >= 4 is 25.2 Å². The molecule has 0 fully saturated rings. The van der Waals surface area contributed by atoms with Gasteiger partial charge < -0.3 is 0 Å². The Labute approximate surface area is 76.5 Å². The first-order valence-electron chi connectivity index (χ1n) is 0. The van der Waals surface area contributed by atoms with Gasteiger partial charge in [-0.1, -0.05) is 22.3 Å². The van der Waals surface area contributed by atoms with Gasteiger partial charge in [-0.15, -0.1) is 0 Å². The summed E-state index contributed by atoms with van der Waals surface area (Å²) in [6.45, 7) is 0. The molecule has 0 nitrogen and oxygen atoms in total. The van der Waals surface area contributed by atoms with E-state index in [4.69, 9.17) is 0 Å². The lowest BCUT2D eigenvalue weighted by Gasteiger charge is -0.270. The first-order chi connectivity index (χ1) is 0. The van der Waals surface area contributed by atoms with Crippen LogP contribution >= 0.6 is 0 Å². The van der Waals surface area contributed by atoms with Crippen molar-refractivity contribution < 1.29 is 27.8 Å². The van der Waals surface area contributed by atoms with Gasteiger partial charge in [0.05, 0.1) is 0 Å². The van der Waals surface area contributed by atoms with Crippen LogP contribution in [0, 0.1) is 0 Å². The molecule has 0 saturated heterocycles. The Morgan fingerprint density at radius 2 is 0.364 bits per heavy atom. The third kappa shape index (κ3) is 25200. The molecule has 0 aliphatic rings. The number of hydrogen-bond donors (Lipinski definition) is 0. The molecule has 0 rings (SSSR count). The van der Waals surface area contributed by atoms with Crippen molar-refractivity contribution in [1.82, 2.24) is 0 Å². The van der Waals surface area contributed by atoms with E-state index in [0.717, 1.165) is 0 Å². The molecule has 0 N–H and O–H groups in total. The highest BCUT2D eigenvalue weighted by molar-refractivity contribution is 5.76. The highest BCUT2D eigenvalue weighted by atomic mass is 19.0. The molecular formula is C3H23B3F5. The molecule has 0 atom stereocenters. The molecule has 8 heteroatoms. The predicted octanol–water partition coefficient (Wildman–Crippen LogP) is 2.27. The van der Waals surface area contributed by atoms with E-state index in [0.29, 0.717) is 0 Å². The summed E-state index contributed by atoms with van der Waals surface area (Å²) in [4.78, 5) is 0. The molecular weight excluding hydrogens is 163 g/mol. The summed E-state index contributed by atoms with van der Waals surface area (Å²) in [5.74, 6) is 0. The summed E-state index contributed by atoms with van der Waals surface area (Å²) in [6.07, 6.45) is 0. The Hall–Kier alpha value is -0.155. The van der Waals surface area contributed by atoms with Crippen LogP contribution in [0.2, 0.25) is 0 Å². The first-order valence-corrected chi connectivity index (χ1v) is 0. The third-order valence-electron chi connectivity index (χ3n) is 0. The number of rotatable bonds is 0. The van der Waals surface area contributed by atoms with E-state index in [1.54, 1.807) is 0 Å². The zero-order valence-corrected chi connectivity index (χ0v) is 3.77. The van der Waals surface area contributed by atoms with E-state index >= 15 is 0 Å². The zero-order chi connectivity index (χ0) is 0. The van der Waals surface area contributed by atoms with Crippen LogP contribution in [0.4, 0.5) is 23.5 Å². The molecule has 0 amide bonds. The molecule has 0 aliphatic carbocycles. The quantitative estimate of drug-likeness (QED) is 0.405. The first kappa shape index (κ1) is 43600. The lowest BCUT2D eigenvalue weighted by Crippen LogP contribution is -0.382. The van der Waals surface area contributed by atoms with Crippen molar-refractivity contribution in [2.24, 2.45) is 0 Å². The summed E-state index contributed by atoms with van der Waals surface area (Å²) in [6, 6.07) is 0. The minimum absolute atomic E-state index is 0. The van der Waals surface area contributed by atoms with Gasteiger partial charge in [0.25, 0.3) is 0 Å². The van der Waals surface area contributed by atoms with Crippen LogP contribution in [0.1, 0.15) is 26.6 Å². The van der Waals surface area contributed by atoms with Crippen LogP contribution < -0.4 is 0 Å². The molecule has 0 saturated carbocycles. The van der Waals surface area contributed by atoms with Crippen LogP contribution in [0.5, 0.6) is 0 Å². The smallest absolute Gasteiger partial charge is 0 e. The summed E-state index contributed by atoms with van der Waals surface area (Å²) >= 11 is 0. The Kier molecular flexibility index (Phi) is 127000000. The molecule has 0 aromatic carbocycles. The minimum atomic E-state index is 0. The van der Waals surface area contributed by atoms with E-state index in [-0.39, 0.29) is 75.3 Å². The molecule has 11 heavy (non-hydrogen) atoms. The molecule has 0 aromatic heterocycles. The number of halogens is 5. The fourth-order valence-electron chi connectivity index (χ4n) is 0. The van der Waals surface area contributed by atoms with Gasteiger partial charge in [-0.3, -0.25) is 23.5 Å². The highest BCUT2D eigenvalue weighted by Crippen LogP contribution is 0.424. The van der Waals surface area contributed by atoms with E-state index in [1.807, 2.05) is 0 Å². The fourth-order valence-corrected chi connectivity index (χ4v) is 0. The van der Waals surface area contributed by atoms with Crippen molar-refractivity contribution in [2.45, 2.75) is 22.3 Å². The van der Waals surface area contributed by atoms with Crippen molar-refractivity contribution in [3.8, 4) is 0 Å². The van der Waals surface area contributed by atoms with Gasteiger partial charge in [-0.25, -0.2) is 0 Å². The van der Waals surface area contributed by atoms with Gasteiger partial charge in [0.1, 0.15) is 0 Å². The summed E-state index contributed by atoms with van der Waals surface area (Å²) in [7, 11) is 0. The highest BCUT2D eigenvalue weighted by Gasteiger charge is 0.00218. The van der Waals surface area contributed by atoms with Crippen molar-refractivity contribution in [3.63, 3.8) is 0 Å². The van der Waals surface area contributed by atoms with Gasteiger partial charge in [0.15, 0.2) is 0 Å². The largest absolute Gasteiger partial charge is 0.269 e. The monoisotopic (exact) mass is 190 g/mol. The van der Waals surface area contributed by atoms with Crippen LogP contribution in [0.25, 0.3) is 0 Å². The molecule has 79 valence electrons. The Balaban J connectivity index is 0. The molecule has 0 aromatic rings. The van der Waals surface area contributed by atoms with Gasteiger partial charge >= 0.3 is 0 Å². The van der Waals surface area contributed by atoms with Crippen LogP contribution in [0.3, 0.4) is 0 Å². The Morgan fingerprint density at radius 1 is 0.364 bits per heavy atom. The van der Waals surface area contributed by atoms with Crippen LogP contribution in [-0.2, 0) is 0 Å². The van der Waals surface area contributed by atoms with Gasteiger partial charge in [-0.2, -0.15) is 0 Å². The SMILES string of the molecule is C.C.C.F.F.F.F.F.[2HH].[2HH].[2HH].[B].[B].[B]. The van der Waals surface area contributed by atoms with E-state index in [9.17, 15) is 0 Å². The Bertz CT molecular complexity index is 27.4. The molecule has 0 unspecified atom stereocenters. The molecule has 0 bridgehead atoms. The summed E-state index contributed by atoms with van der Waals surface area (Å²) in [5, 5.41) is 0. The average Bonchev–Trinajstić information content (AvgIpc) is 0. The molecule has 0 heterocycles. The maximum Gasteiger partial charge on any atom is 0 e. The van der Waals surface area contributed by atoms with E-state index in [2.05, 4.69) is 0 Å². The maximum atomic E-state index is 0. The second kappa shape index (κ2) is 32000. The summed E-state index contributed by atoms with van der Waals surface area (Å²) < 4.78 is 0. The van der Waals surface area contributed by atoms with Gasteiger partial charge in [0.2, 0.25) is 0 Å². The lowest BCUT2D eigenvalue weighted by molar-refractivity contribution is 1.11. The lowest BCUT2D eigenvalue weighted by atomic mass is 10.8. The number of hydrogen-bond acceptors (Lipinski definition) is 0. The second-order valence-electron chi connectivity index (χ2n) is 0. The third-order valence-corrected chi connectivity index (χ3v) is 0. The van der Waals surface area contributed by atoms with Gasteiger partial charge in [-0.05, 0) is 0 Å². The van der Waals surface area contributed by atoms with Crippen molar-refractivity contribution in [1.29, 1.82) is 0 Å². The average molecular weight is 190 g/mol. The second-order valence-corrected chi connectivity index (χ2v) is 0. The topological polar surface area (TPSA) is 0 Å². The van der Waals surface area contributed by atoms with Crippen molar-refractivity contribution in [3.05, 3.63) is 0 Å². The molecule has 0 aliphatic heterocycles. The van der Waals surface area contributed by atoms with Crippen molar-refractivity contribution in [2.75, 3.05) is 0 Å².